The van der Waals surface area contributed by atoms with Gasteiger partial charge in [-0.05, 0) is 18.1 Å². The van der Waals surface area contributed by atoms with Crippen molar-refractivity contribution in [1.29, 1.82) is 0 Å². The quantitative estimate of drug-likeness (QED) is 0.694. The van der Waals surface area contributed by atoms with Gasteiger partial charge in [-0.1, -0.05) is 60.7 Å². The molecule has 148 valence electrons. The van der Waals surface area contributed by atoms with Gasteiger partial charge in [0, 0.05) is 6.42 Å². The zero-order valence-electron chi connectivity index (χ0n) is 15.6. The molecule has 0 radical (unpaired) electrons. The minimum absolute atomic E-state index is 0.0586. The number of hydrogen-bond donors (Lipinski definition) is 2. The van der Waals surface area contributed by atoms with Gasteiger partial charge in [0.1, 0.15) is 19.3 Å². The molecular formula is C21H23FN2O4. The van der Waals surface area contributed by atoms with Crippen molar-refractivity contribution in [3.05, 3.63) is 71.8 Å². The number of nitrogens with one attached hydrogen (secondary N) is 2. The number of ether oxygens (including phenoxy) is 1. The van der Waals surface area contributed by atoms with E-state index in [1.54, 1.807) is 0 Å². The van der Waals surface area contributed by atoms with E-state index in [2.05, 4.69) is 10.6 Å². The first-order valence-electron chi connectivity index (χ1n) is 8.89. The molecule has 0 heterocycles. The van der Waals surface area contributed by atoms with Crippen LogP contribution in [0.25, 0.3) is 0 Å². The summed E-state index contributed by atoms with van der Waals surface area (Å²) in [6.07, 6.45) is -0.562. The molecule has 0 aromatic heterocycles. The summed E-state index contributed by atoms with van der Waals surface area (Å²) in [7, 11) is 0. The first-order chi connectivity index (χ1) is 13.5. The summed E-state index contributed by atoms with van der Waals surface area (Å²) in [5, 5.41) is 4.95. The summed E-state index contributed by atoms with van der Waals surface area (Å²) in [6, 6.07) is 16.3. The smallest absolute Gasteiger partial charge is 0.408 e. The summed E-state index contributed by atoms with van der Waals surface area (Å²) >= 11 is 0. The van der Waals surface area contributed by atoms with Gasteiger partial charge in [-0.2, -0.15) is 0 Å². The lowest BCUT2D eigenvalue weighted by Crippen LogP contribution is -2.52. The van der Waals surface area contributed by atoms with Crippen LogP contribution in [0.2, 0.25) is 0 Å². The number of amides is 2. The fourth-order valence-corrected chi connectivity index (χ4v) is 2.48. The predicted molar refractivity (Wildman–Crippen MR) is 102 cm³/mol. The van der Waals surface area contributed by atoms with Crippen molar-refractivity contribution < 1.29 is 23.5 Å². The van der Waals surface area contributed by atoms with Gasteiger partial charge in [-0.15, -0.1) is 0 Å². The van der Waals surface area contributed by atoms with Gasteiger partial charge >= 0.3 is 6.09 Å². The summed E-state index contributed by atoms with van der Waals surface area (Å²) < 4.78 is 17.7. The van der Waals surface area contributed by atoms with Crippen LogP contribution in [-0.2, 0) is 27.4 Å². The lowest BCUT2D eigenvalue weighted by atomic mass is 10.0. The van der Waals surface area contributed by atoms with Gasteiger partial charge in [0.25, 0.3) is 0 Å². The minimum atomic E-state index is -1.17. The average Bonchev–Trinajstić information content (AvgIpc) is 2.72. The lowest BCUT2D eigenvalue weighted by molar-refractivity contribution is -0.128. The van der Waals surface area contributed by atoms with Crippen molar-refractivity contribution in [3.8, 4) is 0 Å². The molecule has 2 rings (SSSR count). The van der Waals surface area contributed by atoms with Crippen molar-refractivity contribution in [2.24, 2.45) is 0 Å². The van der Waals surface area contributed by atoms with Crippen molar-refractivity contribution in [3.63, 3.8) is 0 Å². The van der Waals surface area contributed by atoms with Crippen LogP contribution in [0.5, 0.6) is 0 Å². The molecule has 0 aliphatic heterocycles. The molecule has 2 atom stereocenters. The number of hydrogen-bond acceptors (Lipinski definition) is 4. The molecule has 0 spiro atoms. The number of benzene rings is 2. The van der Waals surface area contributed by atoms with Crippen LogP contribution in [0.15, 0.2) is 60.7 Å². The second-order valence-electron chi connectivity index (χ2n) is 6.28. The summed E-state index contributed by atoms with van der Waals surface area (Å²) in [5.41, 5.74) is 1.62. The molecular weight excluding hydrogens is 363 g/mol. The molecule has 0 saturated heterocycles. The SMILES string of the molecule is CC(NC(=O)[C@@H](Cc1ccccc1)NC(=O)OCc1ccccc1)C(=O)CF. The number of alkyl carbamates (subject to hydrolysis) is 1. The van der Waals surface area contributed by atoms with Crippen molar-refractivity contribution >= 4 is 17.8 Å². The highest BCUT2D eigenvalue weighted by Crippen LogP contribution is 2.06. The molecule has 0 aliphatic rings. The van der Waals surface area contributed by atoms with Gasteiger partial charge in [0.05, 0.1) is 6.04 Å². The third-order valence-corrected chi connectivity index (χ3v) is 4.08. The number of ketones is 1. The molecule has 0 bridgehead atoms. The maximum Gasteiger partial charge on any atom is 0.408 e. The van der Waals surface area contributed by atoms with Crippen LogP contribution in [0, 0.1) is 0 Å². The normalized spacial score (nSPS) is 12.5. The van der Waals surface area contributed by atoms with E-state index in [0.29, 0.717) is 0 Å². The number of halogens is 1. The zero-order chi connectivity index (χ0) is 20.4. The molecule has 2 aromatic carbocycles. The van der Waals surface area contributed by atoms with Crippen LogP contribution >= 0.6 is 0 Å². The molecule has 6 nitrogen and oxygen atoms in total. The van der Waals surface area contributed by atoms with Crippen LogP contribution in [0.3, 0.4) is 0 Å². The highest BCUT2D eigenvalue weighted by molar-refractivity contribution is 5.92. The Morgan fingerprint density at radius 1 is 0.929 bits per heavy atom. The third-order valence-electron chi connectivity index (χ3n) is 4.08. The van der Waals surface area contributed by atoms with E-state index < -0.39 is 36.5 Å². The number of carbonyl (C=O) groups excluding carboxylic acids is 3. The Morgan fingerprint density at radius 2 is 1.50 bits per heavy atom. The van der Waals surface area contributed by atoms with Crippen molar-refractivity contribution in [2.75, 3.05) is 6.67 Å². The Labute approximate surface area is 163 Å². The first-order valence-corrected chi connectivity index (χ1v) is 8.89. The molecule has 2 amide bonds. The monoisotopic (exact) mass is 386 g/mol. The topological polar surface area (TPSA) is 84.5 Å². The molecule has 0 fully saturated rings. The fraction of sp³-hybridized carbons (Fsp3) is 0.286. The lowest BCUT2D eigenvalue weighted by Gasteiger charge is -2.20. The Kier molecular flexibility index (Phi) is 8.14. The second kappa shape index (κ2) is 10.8. The highest BCUT2D eigenvalue weighted by atomic mass is 19.1. The van der Waals surface area contributed by atoms with E-state index in [1.165, 1.54) is 6.92 Å². The Hall–Kier alpha value is -3.22. The first kappa shape index (κ1) is 21.1. The fourth-order valence-electron chi connectivity index (χ4n) is 2.48. The van der Waals surface area contributed by atoms with Crippen molar-refractivity contribution in [2.45, 2.75) is 32.0 Å². The number of rotatable bonds is 9. The Morgan fingerprint density at radius 3 is 2.07 bits per heavy atom. The summed E-state index contributed by atoms with van der Waals surface area (Å²) in [4.78, 5) is 36.1. The van der Waals surface area contributed by atoms with Gasteiger partial charge in [0.15, 0.2) is 5.78 Å². The molecule has 0 saturated carbocycles. The maximum atomic E-state index is 12.5. The van der Waals surface area contributed by atoms with Gasteiger partial charge in [-0.25, -0.2) is 9.18 Å². The van der Waals surface area contributed by atoms with Crippen LogP contribution < -0.4 is 10.6 Å². The largest absolute Gasteiger partial charge is 0.445 e. The highest BCUT2D eigenvalue weighted by Gasteiger charge is 2.25. The standard InChI is InChI=1S/C21H23FN2O4/c1-15(19(25)13-22)23-20(26)18(12-16-8-4-2-5-9-16)24-21(27)28-14-17-10-6-3-7-11-17/h2-11,15,18H,12-14H2,1H3,(H,23,26)(H,24,27)/t15?,18-/m1/s1. The van der Waals surface area contributed by atoms with Crippen LogP contribution in [0.4, 0.5) is 9.18 Å². The van der Waals surface area contributed by atoms with E-state index in [4.69, 9.17) is 4.74 Å². The Balaban J connectivity index is 2.01. The average molecular weight is 386 g/mol. The van der Waals surface area contributed by atoms with E-state index >= 15 is 0 Å². The third kappa shape index (κ3) is 6.83. The molecule has 7 heteroatoms. The Bertz CT molecular complexity index is 784. The van der Waals surface area contributed by atoms with E-state index in [-0.39, 0.29) is 13.0 Å². The van der Waals surface area contributed by atoms with Crippen LogP contribution in [0.1, 0.15) is 18.1 Å². The number of carbonyl (C=O) groups is 3. The van der Waals surface area contributed by atoms with Gasteiger partial charge < -0.3 is 15.4 Å². The van der Waals surface area contributed by atoms with Gasteiger partial charge in [-0.3, -0.25) is 9.59 Å². The zero-order valence-corrected chi connectivity index (χ0v) is 15.6. The van der Waals surface area contributed by atoms with Crippen molar-refractivity contribution in [1.82, 2.24) is 10.6 Å². The maximum absolute atomic E-state index is 12.5. The summed E-state index contributed by atoms with van der Waals surface area (Å²) in [6.45, 7) is 0.285. The van der Waals surface area contributed by atoms with E-state index in [9.17, 15) is 18.8 Å². The molecule has 2 aromatic rings. The second-order valence-corrected chi connectivity index (χ2v) is 6.28. The minimum Gasteiger partial charge on any atom is -0.445 e. The predicted octanol–water partition coefficient (Wildman–Crippen LogP) is 2.57. The molecule has 1 unspecified atom stereocenters. The molecule has 2 N–H and O–H groups in total. The van der Waals surface area contributed by atoms with E-state index in [0.717, 1.165) is 11.1 Å². The molecule has 28 heavy (non-hydrogen) atoms. The van der Waals surface area contributed by atoms with E-state index in [1.807, 2.05) is 60.7 Å². The van der Waals surface area contributed by atoms with Gasteiger partial charge in [0.2, 0.25) is 5.91 Å². The molecule has 0 aliphatic carbocycles. The summed E-state index contributed by atoms with van der Waals surface area (Å²) in [5.74, 6) is -1.33. The number of alkyl halides is 1. The number of Topliss-reactive ketones (excluding diaryl/α,β-unsaturated/α-hetero) is 1. The van der Waals surface area contributed by atoms with Crippen LogP contribution in [-0.4, -0.2) is 36.5 Å².